The van der Waals surface area contributed by atoms with Gasteiger partial charge in [-0.05, 0) is 48.4 Å². The van der Waals surface area contributed by atoms with Gasteiger partial charge in [0, 0.05) is 22.2 Å². The third-order valence-electron chi connectivity index (χ3n) is 4.67. The molecule has 6 heteroatoms. The number of amides is 2. The number of hydrogen-bond acceptors (Lipinski definition) is 4. The number of anilines is 1. The van der Waals surface area contributed by atoms with Crippen LogP contribution in [0.4, 0.5) is 5.69 Å². The van der Waals surface area contributed by atoms with Gasteiger partial charge in [0.2, 0.25) is 0 Å². The highest BCUT2D eigenvalue weighted by molar-refractivity contribution is 8.04. The van der Waals surface area contributed by atoms with Crippen LogP contribution in [-0.4, -0.2) is 23.3 Å². The minimum absolute atomic E-state index is 0.277. The van der Waals surface area contributed by atoms with Gasteiger partial charge in [-0.25, -0.2) is 0 Å². The van der Waals surface area contributed by atoms with Gasteiger partial charge in [-0.1, -0.05) is 71.9 Å². The number of carbonyl (C=O) groups is 2. The van der Waals surface area contributed by atoms with E-state index in [1.54, 1.807) is 24.3 Å². The molecule has 4 nitrogen and oxygen atoms in total. The Morgan fingerprint density at radius 2 is 1.43 bits per heavy atom. The number of nitrogens with zero attached hydrogens (tertiary/aromatic N) is 1. The van der Waals surface area contributed by atoms with Crippen LogP contribution in [0.5, 0.6) is 0 Å². The maximum Gasteiger partial charge on any atom is 0.278 e. The zero-order chi connectivity index (χ0) is 20.9. The van der Waals surface area contributed by atoms with Gasteiger partial charge in [-0.2, -0.15) is 0 Å². The molecule has 4 rings (SSSR count). The number of imide groups is 1. The summed E-state index contributed by atoms with van der Waals surface area (Å²) in [4.78, 5) is 28.9. The fraction of sp³-hybridized carbons (Fsp3) is 0.0833. The van der Waals surface area contributed by atoms with E-state index in [1.807, 2.05) is 60.7 Å². The molecule has 0 radical (unpaired) electrons. The van der Waals surface area contributed by atoms with Crippen molar-refractivity contribution >= 4 is 40.9 Å². The van der Waals surface area contributed by atoms with Crippen molar-refractivity contribution in [2.45, 2.75) is 11.3 Å². The summed E-state index contributed by atoms with van der Waals surface area (Å²) in [5.41, 5.74) is 2.07. The number of thioether (sulfide) groups is 1. The van der Waals surface area contributed by atoms with Gasteiger partial charge in [0.05, 0.1) is 0 Å². The van der Waals surface area contributed by atoms with E-state index >= 15 is 0 Å². The van der Waals surface area contributed by atoms with Crippen LogP contribution in [0.2, 0.25) is 5.02 Å². The van der Waals surface area contributed by atoms with Gasteiger partial charge in [-0.3, -0.25) is 14.5 Å². The number of nitrogens with one attached hydrogen (secondary N) is 1. The Bertz CT molecular complexity index is 1080. The second kappa shape index (κ2) is 9.20. The van der Waals surface area contributed by atoms with E-state index < -0.39 is 0 Å². The molecule has 0 bridgehead atoms. The smallest absolute Gasteiger partial charge is 0.278 e. The van der Waals surface area contributed by atoms with Gasteiger partial charge in [0.15, 0.2) is 0 Å². The zero-order valence-electron chi connectivity index (χ0n) is 16.0. The molecule has 0 unspecified atom stereocenters. The van der Waals surface area contributed by atoms with E-state index in [4.69, 9.17) is 11.6 Å². The first-order valence-electron chi connectivity index (χ1n) is 9.52. The molecule has 0 saturated heterocycles. The van der Waals surface area contributed by atoms with Gasteiger partial charge >= 0.3 is 0 Å². The summed E-state index contributed by atoms with van der Waals surface area (Å²) in [7, 11) is 0. The van der Waals surface area contributed by atoms with Gasteiger partial charge in [-0.15, -0.1) is 0 Å². The van der Waals surface area contributed by atoms with Gasteiger partial charge in [0.25, 0.3) is 11.8 Å². The van der Waals surface area contributed by atoms with Crippen LogP contribution in [0.3, 0.4) is 0 Å². The first-order chi connectivity index (χ1) is 14.6. The van der Waals surface area contributed by atoms with Crippen molar-refractivity contribution in [2.24, 2.45) is 0 Å². The number of halogens is 1. The molecular weight excluding hydrogens is 416 g/mol. The van der Waals surface area contributed by atoms with Crippen LogP contribution in [0.15, 0.2) is 100 Å². The summed E-state index contributed by atoms with van der Waals surface area (Å²) in [6, 6.07) is 26.4. The summed E-state index contributed by atoms with van der Waals surface area (Å²) in [6.07, 6.45) is 0.607. The number of hydrogen-bond donors (Lipinski definition) is 1. The highest BCUT2D eigenvalue weighted by atomic mass is 35.5. The van der Waals surface area contributed by atoms with Gasteiger partial charge < -0.3 is 5.32 Å². The zero-order valence-corrected chi connectivity index (χ0v) is 17.6. The molecule has 1 N–H and O–H groups in total. The second-order valence-electron chi connectivity index (χ2n) is 6.75. The highest BCUT2D eigenvalue weighted by Gasteiger charge is 2.38. The quantitative estimate of drug-likeness (QED) is 0.508. The third-order valence-corrected chi connectivity index (χ3v) is 6.01. The summed E-state index contributed by atoms with van der Waals surface area (Å²) in [6.45, 7) is 0.326. The first-order valence-corrected chi connectivity index (χ1v) is 10.7. The van der Waals surface area contributed by atoms with Crippen LogP contribution in [0, 0.1) is 0 Å². The van der Waals surface area contributed by atoms with Crippen molar-refractivity contribution in [2.75, 3.05) is 11.9 Å². The molecule has 1 aliphatic rings. The lowest BCUT2D eigenvalue weighted by atomic mass is 10.1. The minimum atomic E-state index is -0.315. The number of carbonyl (C=O) groups excluding carboxylic acids is 2. The predicted octanol–water partition coefficient (Wildman–Crippen LogP) is 5.37. The molecule has 1 heterocycles. The Labute approximate surface area is 184 Å². The van der Waals surface area contributed by atoms with Crippen LogP contribution < -0.4 is 5.32 Å². The molecule has 3 aromatic rings. The molecule has 0 atom stereocenters. The minimum Gasteiger partial charge on any atom is -0.350 e. The Kier molecular flexibility index (Phi) is 6.21. The molecule has 0 aliphatic carbocycles. The molecule has 1 aliphatic heterocycles. The Morgan fingerprint density at radius 1 is 0.800 bits per heavy atom. The Hall–Kier alpha value is -3.02. The average molecular weight is 435 g/mol. The van der Waals surface area contributed by atoms with Gasteiger partial charge in [0.1, 0.15) is 10.6 Å². The lowest BCUT2D eigenvalue weighted by Crippen LogP contribution is -2.34. The summed E-state index contributed by atoms with van der Waals surface area (Å²) < 4.78 is 0. The van der Waals surface area contributed by atoms with Crippen LogP contribution in [0.25, 0.3) is 0 Å². The first kappa shape index (κ1) is 20.3. The normalized spacial score (nSPS) is 13.8. The van der Waals surface area contributed by atoms with E-state index in [9.17, 15) is 9.59 Å². The molecule has 2 amide bonds. The fourth-order valence-electron chi connectivity index (χ4n) is 3.13. The lowest BCUT2D eigenvalue weighted by Gasteiger charge is -2.15. The van der Waals surface area contributed by atoms with E-state index in [0.717, 1.165) is 10.5 Å². The SMILES string of the molecule is O=C1C(Nc2ccc(Cl)cc2)=C(Sc2ccccc2)C(=O)N1CCc1ccccc1. The summed E-state index contributed by atoms with van der Waals surface area (Å²) >= 11 is 7.26. The average Bonchev–Trinajstić information content (AvgIpc) is 2.99. The molecular formula is C24H19ClN2O2S. The van der Waals surface area contributed by atoms with E-state index in [2.05, 4.69) is 5.32 Å². The van der Waals surface area contributed by atoms with Crippen molar-refractivity contribution in [3.8, 4) is 0 Å². The van der Waals surface area contributed by atoms with E-state index in [0.29, 0.717) is 34.3 Å². The number of benzene rings is 3. The van der Waals surface area contributed by atoms with Crippen LogP contribution in [-0.2, 0) is 16.0 Å². The molecule has 0 spiro atoms. The van der Waals surface area contributed by atoms with E-state index in [-0.39, 0.29) is 11.8 Å². The fourth-order valence-corrected chi connectivity index (χ4v) is 4.22. The second-order valence-corrected chi connectivity index (χ2v) is 8.27. The third kappa shape index (κ3) is 4.58. The molecule has 0 fully saturated rings. The molecule has 0 aromatic heterocycles. The predicted molar refractivity (Wildman–Crippen MR) is 121 cm³/mol. The van der Waals surface area contributed by atoms with Crippen molar-refractivity contribution in [3.05, 3.63) is 106 Å². The lowest BCUT2D eigenvalue weighted by molar-refractivity contribution is -0.137. The summed E-state index contributed by atoms with van der Waals surface area (Å²) in [5, 5.41) is 3.74. The highest BCUT2D eigenvalue weighted by Crippen LogP contribution is 2.35. The standard InChI is InChI=1S/C24H19ClN2O2S/c25-18-11-13-19(14-12-18)26-21-22(30-20-9-5-2-6-10-20)24(29)27(23(21)28)16-15-17-7-3-1-4-8-17/h1-14,26H,15-16H2. The Balaban J connectivity index is 1.60. The van der Waals surface area contributed by atoms with Crippen LogP contribution >= 0.6 is 23.4 Å². The Morgan fingerprint density at radius 3 is 2.10 bits per heavy atom. The monoisotopic (exact) mass is 434 g/mol. The maximum atomic E-state index is 13.2. The summed E-state index contributed by atoms with van der Waals surface area (Å²) in [5.74, 6) is -0.592. The topological polar surface area (TPSA) is 49.4 Å². The molecule has 30 heavy (non-hydrogen) atoms. The molecule has 150 valence electrons. The van der Waals surface area contributed by atoms with Crippen molar-refractivity contribution < 1.29 is 9.59 Å². The van der Waals surface area contributed by atoms with Crippen molar-refractivity contribution in [1.82, 2.24) is 4.90 Å². The molecule has 0 saturated carbocycles. The van der Waals surface area contributed by atoms with Crippen molar-refractivity contribution in [1.29, 1.82) is 0 Å². The maximum absolute atomic E-state index is 13.2. The largest absolute Gasteiger partial charge is 0.350 e. The number of rotatable bonds is 7. The van der Waals surface area contributed by atoms with E-state index in [1.165, 1.54) is 16.7 Å². The molecule has 3 aromatic carbocycles. The van der Waals surface area contributed by atoms with Crippen molar-refractivity contribution in [3.63, 3.8) is 0 Å². The van der Waals surface area contributed by atoms with Crippen LogP contribution in [0.1, 0.15) is 5.56 Å².